The van der Waals surface area contributed by atoms with E-state index in [1.807, 2.05) is 25.2 Å². The van der Waals surface area contributed by atoms with Crippen molar-refractivity contribution in [3.63, 3.8) is 0 Å². The Kier molecular flexibility index (Phi) is 7.38. The molecule has 0 fully saturated rings. The van der Waals surface area contributed by atoms with E-state index in [9.17, 15) is 13.2 Å². The van der Waals surface area contributed by atoms with Crippen molar-refractivity contribution in [3.8, 4) is 0 Å². The average Bonchev–Trinajstić information content (AvgIpc) is 2.53. The van der Waals surface area contributed by atoms with Gasteiger partial charge in [0.2, 0.25) is 0 Å². The molecule has 0 spiro atoms. The first kappa shape index (κ1) is 20.7. The molecule has 0 aliphatic rings. The van der Waals surface area contributed by atoms with Gasteiger partial charge in [-0.25, -0.2) is 0 Å². The van der Waals surface area contributed by atoms with E-state index in [2.05, 4.69) is 37.2 Å². The van der Waals surface area contributed by atoms with Crippen LogP contribution in [-0.2, 0) is 12.6 Å². The third-order valence-electron chi connectivity index (χ3n) is 4.03. The van der Waals surface area contributed by atoms with Crippen molar-refractivity contribution < 1.29 is 13.2 Å². The summed E-state index contributed by atoms with van der Waals surface area (Å²) in [5.74, 6) is -0.141. The predicted octanol–water partition coefficient (Wildman–Crippen LogP) is 6.82. The number of hydrogen-bond acceptors (Lipinski definition) is 1. The van der Waals surface area contributed by atoms with Gasteiger partial charge in [0.1, 0.15) is 0 Å². The lowest BCUT2D eigenvalue weighted by Gasteiger charge is -2.22. The quantitative estimate of drug-likeness (QED) is 0.460. The minimum Gasteiger partial charge on any atom is -0.320 e. The molecule has 25 heavy (non-hydrogen) atoms. The van der Waals surface area contributed by atoms with Gasteiger partial charge >= 0.3 is 6.18 Å². The first-order chi connectivity index (χ1) is 11.8. The van der Waals surface area contributed by atoms with Crippen molar-refractivity contribution in [2.75, 3.05) is 13.6 Å². The SMILES string of the molecule is CNCCC(Cc1c(Br)cccc1Br)c1cccc(C(F)(F)F)c1Cl. The molecule has 2 aromatic carbocycles. The molecule has 1 N–H and O–H groups in total. The van der Waals surface area contributed by atoms with Gasteiger partial charge in [0.15, 0.2) is 0 Å². The van der Waals surface area contributed by atoms with E-state index in [-0.39, 0.29) is 10.9 Å². The summed E-state index contributed by atoms with van der Waals surface area (Å²) in [5.41, 5.74) is 0.749. The molecule has 0 bridgehead atoms. The molecule has 0 heterocycles. The highest BCUT2D eigenvalue weighted by atomic mass is 79.9. The van der Waals surface area contributed by atoms with E-state index in [0.717, 1.165) is 20.6 Å². The molecule has 2 rings (SSSR count). The van der Waals surface area contributed by atoms with Crippen molar-refractivity contribution in [1.29, 1.82) is 0 Å². The molecule has 1 nitrogen and oxygen atoms in total. The smallest absolute Gasteiger partial charge is 0.320 e. The summed E-state index contributed by atoms with van der Waals surface area (Å²) >= 11 is 13.2. The van der Waals surface area contributed by atoms with Gasteiger partial charge in [0, 0.05) is 8.95 Å². The molecule has 0 amide bonds. The second-order valence-electron chi connectivity index (χ2n) is 5.70. The van der Waals surface area contributed by atoms with Crippen LogP contribution in [0.25, 0.3) is 0 Å². The Morgan fingerprint density at radius 3 is 2.24 bits per heavy atom. The van der Waals surface area contributed by atoms with Crippen molar-refractivity contribution in [2.24, 2.45) is 0 Å². The van der Waals surface area contributed by atoms with Gasteiger partial charge < -0.3 is 5.32 Å². The standard InChI is InChI=1S/C18H17Br2ClF3N/c1-25-9-8-11(10-13-15(19)6-3-7-16(13)20)12-4-2-5-14(17(12)21)18(22,23)24/h2-7,11,25H,8-10H2,1H3. The molecule has 0 radical (unpaired) electrons. The van der Waals surface area contributed by atoms with Gasteiger partial charge in [-0.15, -0.1) is 0 Å². The van der Waals surface area contributed by atoms with E-state index >= 15 is 0 Å². The van der Waals surface area contributed by atoms with Crippen LogP contribution in [0.1, 0.15) is 29.0 Å². The second kappa shape index (κ2) is 8.89. The van der Waals surface area contributed by atoms with Crippen LogP contribution in [0.15, 0.2) is 45.3 Å². The Morgan fingerprint density at radius 1 is 1.08 bits per heavy atom. The highest BCUT2D eigenvalue weighted by molar-refractivity contribution is 9.11. The van der Waals surface area contributed by atoms with Gasteiger partial charge in [-0.1, -0.05) is 61.7 Å². The third-order valence-corrected chi connectivity index (χ3v) is 5.94. The van der Waals surface area contributed by atoms with Crippen molar-refractivity contribution in [1.82, 2.24) is 5.32 Å². The van der Waals surface area contributed by atoms with E-state index in [1.165, 1.54) is 6.07 Å². The maximum Gasteiger partial charge on any atom is 0.417 e. The minimum absolute atomic E-state index is 0.141. The molecular formula is C18H17Br2ClF3N. The molecule has 7 heteroatoms. The number of hydrogen-bond donors (Lipinski definition) is 1. The summed E-state index contributed by atoms with van der Waals surface area (Å²) in [7, 11) is 1.82. The lowest BCUT2D eigenvalue weighted by Crippen LogP contribution is -2.16. The molecule has 2 aromatic rings. The molecule has 0 saturated carbocycles. The van der Waals surface area contributed by atoms with Crippen molar-refractivity contribution in [2.45, 2.75) is 24.9 Å². The predicted molar refractivity (Wildman–Crippen MR) is 103 cm³/mol. The summed E-state index contributed by atoms with van der Waals surface area (Å²) in [6, 6.07) is 9.87. The molecule has 0 saturated heterocycles. The maximum absolute atomic E-state index is 13.2. The number of alkyl halides is 3. The van der Waals surface area contributed by atoms with E-state index in [0.29, 0.717) is 24.9 Å². The Labute approximate surface area is 167 Å². The zero-order valence-electron chi connectivity index (χ0n) is 13.4. The van der Waals surface area contributed by atoms with Crippen molar-refractivity contribution >= 4 is 43.5 Å². The first-order valence-corrected chi connectivity index (χ1v) is 9.65. The van der Waals surface area contributed by atoms with Gasteiger partial charge in [-0.3, -0.25) is 0 Å². The molecule has 136 valence electrons. The highest BCUT2D eigenvalue weighted by Crippen LogP contribution is 2.41. The second-order valence-corrected chi connectivity index (χ2v) is 7.79. The van der Waals surface area contributed by atoms with Crippen LogP contribution in [0.3, 0.4) is 0 Å². The van der Waals surface area contributed by atoms with Gasteiger partial charge in [0.05, 0.1) is 10.6 Å². The lowest BCUT2D eigenvalue weighted by atomic mass is 9.88. The first-order valence-electron chi connectivity index (χ1n) is 7.68. The Morgan fingerprint density at radius 2 is 1.68 bits per heavy atom. The zero-order chi connectivity index (χ0) is 18.6. The average molecular weight is 500 g/mol. The van der Waals surface area contributed by atoms with Crippen LogP contribution in [0.4, 0.5) is 13.2 Å². The summed E-state index contributed by atoms with van der Waals surface area (Å²) in [6.45, 7) is 0.680. The fourth-order valence-corrected chi connectivity index (χ4v) is 4.45. The van der Waals surface area contributed by atoms with Gasteiger partial charge in [0.25, 0.3) is 0 Å². The van der Waals surface area contributed by atoms with Crippen molar-refractivity contribution in [3.05, 3.63) is 67.1 Å². The zero-order valence-corrected chi connectivity index (χ0v) is 17.4. The number of rotatable bonds is 6. The monoisotopic (exact) mass is 497 g/mol. The van der Waals surface area contributed by atoms with Crippen LogP contribution < -0.4 is 5.32 Å². The molecule has 0 aliphatic carbocycles. The fourth-order valence-electron chi connectivity index (χ4n) is 2.74. The Hall–Kier alpha value is -0.560. The summed E-state index contributed by atoms with van der Waals surface area (Å²) < 4.78 is 41.4. The molecule has 0 aliphatic heterocycles. The summed E-state index contributed by atoms with van der Waals surface area (Å²) in [5, 5.41) is 2.85. The van der Waals surface area contributed by atoms with Gasteiger partial charge in [-0.2, -0.15) is 13.2 Å². The van der Waals surface area contributed by atoms with Gasteiger partial charge in [-0.05, 0) is 61.7 Å². The minimum atomic E-state index is -4.46. The van der Waals surface area contributed by atoms with Crippen LogP contribution in [0, 0.1) is 0 Å². The van der Waals surface area contributed by atoms with E-state index in [4.69, 9.17) is 11.6 Å². The van der Waals surface area contributed by atoms with Crippen LogP contribution in [-0.4, -0.2) is 13.6 Å². The third kappa shape index (κ3) is 5.22. The Balaban J connectivity index is 2.45. The number of nitrogens with one attached hydrogen (secondary N) is 1. The molecular weight excluding hydrogens is 482 g/mol. The van der Waals surface area contributed by atoms with E-state index < -0.39 is 11.7 Å². The lowest BCUT2D eigenvalue weighted by molar-refractivity contribution is -0.137. The van der Waals surface area contributed by atoms with E-state index in [1.54, 1.807) is 6.07 Å². The fraction of sp³-hybridized carbons (Fsp3) is 0.333. The van der Waals surface area contributed by atoms with Crippen LogP contribution in [0.5, 0.6) is 0 Å². The van der Waals surface area contributed by atoms with Crippen LogP contribution >= 0.6 is 43.5 Å². The highest BCUT2D eigenvalue weighted by Gasteiger charge is 2.34. The largest absolute Gasteiger partial charge is 0.417 e. The normalized spacial score (nSPS) is 13.1. The number of halogens is 6. The van der Waals surface area contributed by atoms with Crippen LogP contribution in [0.2, 0.25) is 5.02 Å². The molecule has 1 atom stereocenters. The topological polar surface area (TPSA) is 12.0 Å². The summed E-state index contributed by atoms with van der Waals surface area (Å²) in [6.07, 6.45) is -3.22. The Bertz CT molecular complexity index is 714. The molecule has 0 aromatic heterocycles. The maximum atomic E-state index is 13.2. The number of benzene rings is 2. The summed E-state index contributed by atoms with van der Waals surface area (Å²) in [4.78, 5) is 0. The molecule has 1 unspecified atom stereocenters.